The van der Waals surface area contributed by atoms with Crippen LogP contribution in [0.15, 0.2) is 46.9 Å². The molecule has 1 aliphatic rings. The molecule has 2 aromatic carbocycles. The molecule has 0 unspecified atom stereocenters. The lowest BCUT2D eigenvalue weighted by Gasteiger charge is -2.42. The summed E-state index contributed by atoms with van der Waals surface area (Å²) in [7, 11) is 0. The van der Waals surface area contributed by atoms with Crippen LogP contribution in [0.25, 0.3) is 11.0 Å². The maximum absolute atomic E-state index is 14.5. The molecular formula is C24H27FN2O2. The predicted molar refractivity (Wildman–Crippen MR) is 112 cm³/mol. The third-order valence-electron chi connectivity index (χ3n) is 6.07. The van der Waals surface area contributed by atoms with Gasteiger partial charge in [0, 0.05) is 31.0 Å². The summed E-state index contributed by atoms with van der Waals surface area (Å²) in [4.78, 5) is 14.2. The maximum Gasteiger partial charge on any atom is 0.217 e. The van der Waals surface area contributed by atoms with Gasteiger partial charge in [-0.2, -0.15) is 0 Å². The Morgan fingerprint density at radius 1 is 1.17 bits per heavy atom. The van der Waals surface area contributed by atoms with Gasteiger partial charge in [-0.3, -0.25) is 9.69 Å². The zero-order valence-corrected chi connectivity index (χ0v) is 17.2. The molecule has 4 nitrogen and oxygen atoms in total. The summed E-state index contributed by atoms with van der Waals surface area (Å²) >= 11 is 0. The molecule has 0 atom stereocenters. The van der Waals surface area contributed by atoms with Crippen LogP contribution in [0.5, 0.6) is 0 Å². The normalized spacial score (nSPS) is 16.8. The van der Waals surface area contributed by atoms with E-state index in [0.29, 0.717) is 24.9 Å². The van der Waals surface area contributed by atoms with E-state index in [9.17, 15) is 9.18 Å². The summed E-state index contributed by atoms with van der Waals surface area (Å²) in [5.74, 6) is 0.576. The molecule has 0 spiro atoms. The molecule has 1 saturated heterocycles. The van der Waals surface area contributed by atoms with Gasteiger partial charge in [0.05, 0.1) is 12.1 Å². The van der Waals surface area contributed by atoms with Crippen molar-refractivity contribution >= 4 is 16.9 Å². The van der Waals surface area contributed by atoms with E-state index in [4.69, 9.17) is 4.42 Å². The first-order valence-corrected chi connectivity index (χ1v) is 10.1. The molecule has 0 saturated carbocycles. The second-order valence-corrected chi connectivity index (χ2v) is 8.17. The van der Waals surface area contributed by atoms with E-state index in [-0.39, 0.29) is 11.7 Å². The van der Waals surface area contributed by atoms with Gasteiger partial charge in [-0.15, -0.1) is 0 Å². The van der Waals surface area contributed by atoms with Crippen LogP contribution in [0, 0.1) is 19.7 Å². The van der Waals surface area contributed by atoms with Gasteiger partial charge in [0.2, 0.25) is 5.91 Å². The zero-order valence-electron chi connectivity index (χ0n) is 17.2. The Morgan fingerprint density at radius 3 is 2.59 bits per heavy atom. The lowest BCUT2D eigenvalue weighted by molar-refractivity contribution is -0.121. The molecule has 29 heavy (non-hydrogen) atoms. The number of nitrogens with zero attached hydrogens (tertiary/aromatic N) is 1. The molecule has 3 aromatic rings. The third kappa shape index (κ3) is 3.79. The minimum atomic E-state index is -0.659. The summed E-state index contributed by atoms with van der Waals surface area (Å²) < 4.78 is 20.6. The van der Waals surface area contributed by atoms with Crippen molar-refractivity contribution in [3.05, 3.63) is 70.7 Å². The van der Waals surface area contributed by atoms with Crippen LogP contribution in [0.2, 0.25) is 0 Å². The molecule has 4 rings (SSSR count). The number of carbonyl (C=O) groups is 1. The molecule has 152 valence electrons. The fraction of sp³-hybridized carbons (Fsp3) is 0.375. The van der Waals surface area contributed by atoms with E-state index in [0.717, 1.165) is 29.8 Å². The second kappa shape index (κ2) is 7.64. The first kappa shape index (κ1) is 19.6. The number of fused-ring (bicyclic) bond motifs is 1. The standard InChI is InChI=1S/C24H27FN2O2/c1-16-8-9-22-19(14-16)17(2)23(29-22)15-27-12-10-24(11-13-27,26-18(3)28)20-6-4-5-7-21(20)25/h4-9,14H,10-13,15H2,1-3H3,(H,26,28). The molecular weight excluding hydrogens is 367 g/mol. The molecule has 1 N–H and O–H groups in total. The Bertz CT molecular complexity index is 1050. The SMILES string of the molecule is CC(=O)NC1(c2ccccc2F)CCN(Cc2oc3ccc(C)cc3c2C)CC1. The topological polar surface area (TPSA) is 45.5 Å². The molecule has 1 amide bonds. The first-order valence-electron chi connectivity index (χ1n) is 10.1. The Labute approximate surface area is 170 Å². The molecule has 0 aliphatic carbocycles. The number of rotatable bonds is 4. The van der Waals surface area contributed by atoms with Gasteiger partial charge in [0.15, 0.2) is 0 Å². The number of carbonyl (C=O) groups excluding carboxylic acids is 1. The predicted octanol–water partition coefficient (Wildman–Crippen LogP) is 4.82. The zero-order chi connectivity index (χ0) is 20.6. The van der Waals surface area contributed by atoms with E-state index < -0.39 is 5.54 Å². The van der Waals surface area contributed by atoms with Crippen molar-refractivity contribution < 1.29 is 13.6 Å². The monoisotopic (exact) mass is 394 g/mol. The number of amides is 1. The molecule has 1 aromatic heterocycles. The number of piperidine rings is 1. The number of nitrogens with one attached hydrogen (secondary N) is 1. The second-order valence-electron chi connectivity index (χ2n) is 8.17. The van der Waals surface area contributed by atoms with Crippen LogP contribution >= 0.6 is 0 Å². The molecule has 0 radical (unpaired) electrons. The summed E-state index contributed by atoms with van der Waals surface area (Å²) in [6.45, 7) is 7.90. The van der Waals surface area contributed by atoms with E-state index in [1.807, 2.05) is 12.1 Å². The van der Waals surface area contributed by atoms with Gasteiger partial charge in [-0.05, 0) is 50.5 Å². The van der Waals surface area contributed by atoms with Crippen LogP contribution < -0.4 is 5.32 Å². The fourth-order valence-corrected chi connectivity index (χ4v) is 4.48. The largest absolute Gasteiger partial charge is 0.459 e. The summed E-state index contributed by atoms with van der Waals surface area (Å²) in [5, 5.41) is 4.21. The number of halogens is 1. The minimum Gasteiger partial charge on any atom is -0.459 e. The van der Waals surface area contributed by atoms with Crippen LogP contribution in [0.4, 0.5) is 4.39 Å². The van der Waals surface area contributed by atoms with Gasteiger partial charge in [0.25, 0.3) is 0 Å². The van der Waals surface area contributed by atoms with E-state index in [1.54, 1.807) is 12.1 Å². The van der Waals surface area contributed by atoms with Crippen molar-refractivity contribution in [1.29, 1.82) is 0 Å². The van der Waals surface area contributed by atoms with E-state index in [1.165, 1.54) is 24.1 Å². The van der Waals surface area contributed by atoms with Crippen LogP contribution in [0.3, 0.4) is 0 Å². The van der Waals surface area contributed by atoms with Crippen LogP contribution in [-0.4, -0.2) is 23.9 Å². The van der Waals surface area contributed by atoms with Crippen molar-refractivity contribution in [2.24, 2.45) is 0 Å². The Hall–Kier alpha value is -2.66. The van der Waals surface area contributed by atoms with Gasteiger partial charge in [-0.25, -0.2) is 4.39 Å². The van der Waals surface area contributed by atoms with Crippen molar-refractivity contribution in [2.45, 2.75) is 45.7 Å². The smallest absolute Gasteiger partial charge is 0.217 e. The molecule has 5 heteroatoms. The first-order chi connectivity index (χ1) is 13.9. The average Bonchev–Trinajstić information content (AvgIpc) is 2.99. The molecule has 2 heterocycles. The molecule has 1 aliphatic heterocycles. The highest BCUT2D eigenvalue weighted by atomic mass is 19.1. The van der Waals surface area contributed by atoms with E-state index in [2.05, 4.69) is 36.2 Å². The highest BCUT2D eigenvalue weighted by Gasteiger charge is 2.39. The van der Waals surface area contributed by atoms with Gasteiger partial charge < -0.3 is 9.73 Å². The Morgan fingerprint density at radius 2 is 1.90 bits per heavy atom. The van der Waals surface area contributed by atoms with Crippen LogP contribution in [-0.2, 0) is 16.9 Å². The Kier molecular flexibility index (Phi) is 5.17. The maximum atomic E-state index is 14.5. The number of benzene rings is 2. The summed E-state index contributed by atoms with van der Waals surface area (Å²) in [5.41, 5.74) is 3.23. The summed E-state index contributed by atoms with van der Waals surface area (Å²) in [6.07, 6.45) is 1.32. The Balaban J connectivity index is 1.54. The quantitative estimate of drug-likeness (QED) is 0.690. The molecule has 0 bridgehead atoms. The van der Waals surface area contributed by atoms with Gasteiger partial charge in [-0.1, -0.05) is 29.8 Å². The number of hydrogen-bond donors (Lipinski definition) is 1. The third-order valence-corrected chi connectivity index (χ3v) is 6.07. The van der Waals surface area contributed by atoms with E-state index >= 15 is 0 Å². The fourth-order valence-electron chi connectivity index (χ4n) is 4.48. The number of likely N-dealkylation sites (tertiary alicyclic amines) is 1. The van der Waals surface area contributed by atoms with Crippen molar-refractivity contribution in [1.82, 2.24) is 10.2 Å². The van der Waals surface area contributed by atoms with Gasteiger partial charge in [0.1, 0.15) is 17.2 Å². The van der Waals surface area contributed by atoms with Crippen molar-refractivity contribution in [2.75, 3.05) is 13.1 Å². The number of furan rings is 1. The number of hydrogen-bond acceptors (Lipinski definition) is 3. The number of aryl methyl sites for hydroxylation is 2. The van der Waals surface area contributed by atoms with Gasteiger partial charge >= 0.3 is 0 Å². The summed E-state index contributed by atoms with van der Waals surface area (Å²) in [6, 6.07) is 13.0. The average molecular weight is 394 g/mol. The molecule has 1 fully saturated rings. The lowest BCUT2D eigenvalue weighted by atomic mass is 9.80. The minimum absolute atomic E-state index is 0.134. The lowest BCUT2D eigenvalue weighted by Crippen LogP contribution is -2.52. The highest BCUT2D eigenvalue weighted by Crippen LogP contribution is 2.36. The van der Waals surface area contributed by atoms with Crippen molar-refractivity contribution in [3.8, 4) is 0 Å². The van der Waals surface area contributed by atoms with Crippen LogP contribution in [0.1, 0.15) is 42.2 Å². The van der Waals surface area contributed by atoms with Crippen molar-refractivity contribution in [3.63, 3.8) is 0 Å². The highest BCUT2D eigenvalue weighted by molar-refractivity contribution is 5.82.